The molecule has 3 atom stereocenters. The second-order valence-electron chi connectivity index (χ2n) is 5.88. The van der Waals surface area contributed by atoms with Crippen LogP contribution in [0.5, 0.6) is 0 Å². The van der Waals surface area contributed by atoms with Crippen molar-refractivity contribution in [3.05, 3.63) is 0 Å². The zero-order chi connectivity index (χ0) is 13.8. The molecule has 18 heavy (non-hydrogen) atoms. The molecule has 1 saturated heterocycles. The van der Waals surface area contributed by atoms with E-state index in [0.717, 1.165) is 19.5 Å². The lowest BCUT2D eigenvalue weighted by molar-refractivity contribution is -0.0809. The average Bonchev–Trinajstić information content (AvgIpc) is 2.36. The predicted molar refractivity (Wildman–Crippen MR) is 74.7 cm³/mol. The Morgan fingerprint density at radius 2 is 2.06 bits per heavy atom. The van der Waals surface area contributed by atoms with Gasteiger partial charge in [0.25, 0.3) is 0 Å². The van der Waals surface area contributed by atoms with Crippen LogP contribution in [0.15, 0.2) is 0 Å². The number of rotatable bonds is 6. The van der Waals surface area contributed by atoms with Crippen LogP contribution < -0.4 is 5.73 Å². The highest BCUT2D eigenvalue weighted by Gasteiger charge is 2.42. The Labute approximate surface area is 112 Å². The fourth-order valence-corrected chi connectivity index (χ4v) is 3.04. The Morgan fingerprint density at radius 1 is 1.39 bits per heavy atom. The first-order chi connectivity index (χ1) is 8.51. The first kappa shape index (κ1) is 15.9. The molecule has 1 rings (SSSR count). The fraction of sp³-hybridized carbons (Fsp3) is 1.00. The molecular formula is C14H30N2O2. The third-order valence-corrected chi connectivity index (χ3v) is 4.64. The number of nitrogens with two attached hydrogens (primary N) is 1. The molecular weight excluding hydrogens is 228 g/mol. The van der Waals surface area contributed by atoms with Gasteiger partial charge in [-0.15, -0.1) is 0 Å². The first-order valence-corrected chi connectivity index (χ1v) is 6.98. The van der Waals surface area contributed by atoms with E-state index in [2.05, 4.69) is 25.7 Å². The molecule has 1 heterocycles. The van der Waals surface area contributed by atoms with Crippen molar-refractivity contribution in [2.75, 3.05) is 40.5 Å². The van der Waals surface area contributed by atoms with Crippen LogP contribution in [-0.4, -0.2) is 57.0 Å². The molecule has 4 nitrogen and oxygen atoms in total. The molecule has 0 saturated carbocycles. The summed E-state index contributed by atoms with van der Waals surface area (Å²) in [7, 11) is 3.56. The molecule has 0 aliphatic carbocycles. The maximum Gasteiger partial charge on any atom is 0.0724 e. The number of methoxy groups -OCH3 is 2. The minimum atomic E-state index is -0.0638. The van der Waals surface area contributed by atoms with Crippen LogP contribution in [0.25, 0.3) is 0 Å². The molecule has 108 valence electrons. The first-order valence-electron chi connectivity index (χ1n) is 6.98. The lowest BCUT2D eigenvalue weighted by atomic mass is 9.82. The quantitative estimate of drug-likeness (QED) is 0.781. The van der Waals surface area contributed by atoms with Crippen molar-refractivity contribution in [3.8, 4) is 0 Å². The molecule has 3 unspecified atom stereocenters. The largest absolute Gasteiger partial charge is 0.383 e. The van der Waals surface area contributed by atoms with Crippen LogP contribution in [0.2, 0.25) is 0 Å². The van der Waals surface area contributed by atoms with Gasteiger partial charge in [0.05, 0.1) is 18.2 Å². The molecule has 0 aromatic heterocycles. The monoisotopic (exact) mass is 258 g/mol. The number of piperidine rings is 1. The van der Waals surface area contributed by atoms with E-state index >= 15 is 0 Å². The van der Waals surface area contributed by atoms with Crippen molar-refractivity contribution in [1.29, 1.82) is 0 Å². The van der Waals surface area contributed by atoms with Crippen molar-refractivity contribution in [2.24, 2.45) is 17.6 Å². The summed E-state index contributed by atoms with van der Waals surface area (Å²) in [6.07, 6.45) is 1.47. The van der Waals surface area contributed by atoms with Crippen molar-refractivity contribution < 1.29 is 9.47 Å². The summed E-state index contributed by atoms with van der Waals surface area (Å²) in [5, 5.41) is 0. The highest BCUT2D eigenvalue weighted by atomic mass is 16.5. The minimum absolute atomic E-state index is 0.0638. The normalized spacial score (nSPS) is 29.5. The summed E-state index contributed by atoms with van der Waals surface area (Å²) in [6, 6.07) is 0. The second kappa shape index (κ2) is 6.85. The second-order valence-corrected chi connectivity index (χ2v) is 5.88. The highest BCUT2D eigenvalue weighted by molar-refractivity contribution is 4.97. The summed E-state index contributed by atoms with van der Waals surface area (Å²) in [5.41, 5.74) is 6.02. The van der Waals surface area contributed by atoms with E-state index in [4.69, 9.17) is 15.2 Å². The Balaban J connectivity index is 2.85. The van der Waals surface area contributed by atoms with Crippen molar-refractivity contribution >= 4 is 0 Å². The summed E-state index contributed by atoms with van der Waals surface area (Å²) in [4.78, 5) is 2.48. The highest BCUT2D eigenvalue weighted by Crippen LogP contribution is 2.30. The maximum absolute atomic E-state index is 6.08. The Hall–Kier alpha value is -0.160. The van der Waals surface area contributed by atoms with E-state index in [9.17, 15) is 0 Å². The molecule has 1 aliphatic heterocycles. The van der Waals surface area contributed by atoms with Gasteiger partial charge in [-0.3, -0.25) is 4.90 Å². The Bertz CT molecular complexity index is 248. The van der Waals surface area contributed by atoms with Crippen LogP contribution >= 0.6 is 0 Å². The van der Waals surface area contributed by atoms with Gasteiger partial charge < -0.3 is 15.2 Å². The van der Waals surface area contributed by atoms with Crippen molar-refractivity contribution in [3.63, 3.8) is 0 Å². The number of likely N-dealkylation sites (tertiary alicyclic amines) is 1. The fourth-order valence-electron chi connectivity index (χ4n) is 3.04. The molecule has 0 radical (unpaired) electrons. The van der Waals surface area contributed by atoms with Gasteiger partial charge in [0.15, 0.2) is 0 Å². The van der Waals surface area contributed by atoms with E-state index in [-0.39, 0.29) is 5.54 Å². The van der Waals surface area contributed by atoms with Crippen LogP contribution in [0.4, 0.5) is 0 Å². The van der Waals surface area contributed by atoms with Gasteiger partial charge in [-0.05, 0) is 24.8 Å². The lowest BCUT2D eigenvalue weighted by Gasteiger charge is -2.50. The average molecular weight is 258 g/mol. The van der Waals surface area contributed by atoms with Gasteiger partial charge in [0.1, 0.15) is 0 Å². The van der Waals surface area contributed by atoms with Crippen LogP contribution in [-0.2, 0) is 9.47 Å². The molecule has 0 aromatic carbocycles. The number of hydrogen-bond acceptors (Lipinski definition) is 4. The van der Waals surface area contributed by atoms with Crippen LogP contribution in [0, 0.1) is 11.8 Å². The van der Waals surface area contributed by atoms with E-state index < -0.39 is 0 Å². The molecule has 1 fully saturated rings. The molecule has 0 bridgehead atoms. The Morgan fingerprint density at radius 3 is 2.50 bits per heavy atom. The third kappa shape index (κ3) is 3.05. The summed E-state index contributed by atoms with van der Waals surface area (Å²) in [5.74, 6) is 1.09. The van der Waals surface area contributed by atoms with Crippen LogP contribution in [0.3, 0.4) is 0 Å². The molecule has 0 spiro atoms. The molecule has 0 amide bonds. The number of hydrogen-bond donors (Lipinski definition) is 1. The number of nitrogens with zero attached hydrogens (tertiary/aromatic N) is 1. The smallest absolute Gasteiger partial charge is 0.0724 e. The van der Waals surface area contributed by atoms with E-state index in [1.165, 1.54) is 0 Å². The zero-order valence-corrected chi connectivity index (χ0v) is 12.6. The maximum atomic E-state index is 6.08. The van der Waals surface area contributed by atoms with Gasteiger partial charge in [0.2, 0.25) is 0 Å². The third-order valence-electron chi connectivity index (χ3n) is 4.64. The SMILES string of the molecule is COCC(CN)(C(C)C)N1CCC(C)C(OC)C1. The molecule has 2 N–H and O–H groups in total. The van der Waals surface area contributed by atoms with Gasteiger partial charge in [-0.1, -0.05) is 20.8 Å². The summed E-state index contributed by atoms with van der Waals surface area (Å²) < 4.78 is 11.1. The summed E-state index contributed by atoms with van der Waals surface area (Å²) in [6.45, 7) is 10.1. The van der Waals surface area contributed by atoms with Gasteiger partial charge >= 0.3 is 0 Å². The van der Waals surface area contributed by atoms with Gasteiger partial charge in [-0.25, -0.2) is 0 Å². The van der Waals surface area contributed by atoms with E-state index in [0.29, 0.717) is 31.1 Å². The number of ether oxygens (including phenoxy) is 2. The van der Waals surface area contributed by atoms with Crippen LogP contribution in [0.1, 0.15) is 27.2 Å². The van der Waals surface area contributed by atoms with Crippen molar-refractivity contribution in [1.82, 2.24) is 4.90 Å². The topological polar surface area (TPSA) is 47.7 Å². The Kier molecular flexibility index (Phi) is 6.05. The van der Waals surface area contributed by atoms with E-state index in [1.807, 2.05) is 0 Å². The summed E-state index contributed by atoms with van der Waals surface area (Å²) >= 11 is 0. The minimum Gasteiger partial charge on any atom is -0.383 e. The molecule has 0 aromatic rings. The lowest BCUT2D eigenvalue weighted by Crippen LogP contribution is -2.64. The molecule has 4 heteroatoms. The predicted octanol–water partition coefficient (Wildman–Crippen LogP) is 1.34. The van der Waals surface area contributed by atoms with E-state index in [1.54, 1.807) is 14.2 Å². The van der Waals surface area contributed by atoms with Crippen molar-refractivity contribution in [2.45, 2.75) is 38.8 Å². The molecule has 1 aliphatic rings. The van der Waals surface area contributed by atoms with Gasteiger partial charge in [0, 0.05) is 27.3 Å². The van der Waals surface area contributed by atoms with Gasteiger partial charge in [-0.2, -0.15) is 0 Å². The zero-order valence-electron chi connectivity index (χ0n) is 12.6. The standard InChI is InChI=1S/C14H30N2O2/c1-11(2)14(9-15,10-17-4)16-7-6-12(3)13(8-16)18-5/h11-13H,6-10,15H2,1-5H3.